The summed E-state index contributed by atoms with van der Waals surface area (Å²) in [6.07, 6.45) is 2.49. The minimum atomic E-state index is -0.416. The van der Waals surface area contributed by atoms with Gasteiger partial charge in [0.1, 0.15) is 22.4 Å². The molecule has 1 aliphatic heterocycles. The van der Waals surface area contributed by atoms with Crippen molar-refractivity contribution in [3.05, 3.63) is 40.3 Å². The molecule has 1 heterocycles. The topological polar surface area (TPSA) is 45.9 Å². The lowest BCUT2D eigenvalue weighted by molar-refractivity contribution is 0.369. The van der Waals surface area contributed by atoms with Crippen LogP contribution in [0, 0.1) is 17.1 Å². The van der Waals surface area contributed by atoms with Gasteiger partial charge in [0, 0.05) is 51.7 Å². The fourth-order valence-electron chi connectivity index (χ4n) is 2.87. The fourth-order valence-corrected chi connectivity index (χ4v) is 3.28. The molecule has 1 fully saturated rings. The van der Waals surface area contributed by atoms with Gasteiger partial charge >= 0.3 is 0 Å². The Bertz CT molecular complexity index is 800. The molecule has 0 saturated carbocycles. The summed E-state index contributed by atoms with van der Waals surface area (Å²) in [5.41, 5.74) is 2.15. The summed E-state index contributed by atoms with van der Waals surface area (Å²) in [6.45, 7) is 5.01. The van der Waals surface area contributed by atoms with E-state index in [1.807, 2.05) is 21.0 Å². The second kappa shape index (κ2) is 9.67. The number of hydrogen-bond donors (Lipinski definition) is 0. The van der Waals surface area contributed by atoms with Crippen LogP contribution in [-0.2, 0) is 0 Å². The van der Waals surface area contributed by atoms with E-state index >= 15 is 0 Å². The Morgan fingerprint density at radius 2 is 2.07 bits per heavy atom. The number of nitrogens with zero attached hydrogens (tertiary/aromatic N) is 5. The van der Waals surface area contributed by atoms with E-state index in [4.69, 9.17) is 23.8 Å². The molecule has 8 heteroatoms. The molecule has 1 aliphatic rings. The van der Waals surface area contributed by atoms with E-state index < -0.39 is 5.82 Å². The molecule has 0 amide bonds. The zero-order valence-corrected chi connectivity index (χ0v) is 17.3. The van der Waals surface area contributed by atoms with Crippen LogP contribution in [0.5, 0.6) is 0 Å². The smallest absolute Gasteiger partial charge is 0.147 e. The lowest BCUT2D eigenvalue weighted by Gasteiger charge is -2.26. The standard InChI is InChI=1S/C19H23ClFN5S/c1-14(16(12-22)19(27)23-13-24(2)3)25-7-4-8-26(10-9-25)15-5-6-18(21)17(20)11-15/h5-6,11,13H,4,7-10H2,1-3H3/b16-14-,23-13+. The van der Waals surface area contributed by atoms with Crippen molar-refractivity contribution >= 4 is 40.8 Å². The fraction of sp³-hybridized carbons (Fsp3) is 0.421. The van der Waals surface area contributed by atoms with E-state index in [2.05, 4.69) is 20.9 Å². The van der Waals surface area contributed by atoms with Crippen molar-refractivity contribution in [2.45, 2.75) is 13.3 Å². The maximum atomic E-state index is 13.4. The highest BCUT2D eigenvalue weighted by Gasteiger charge is 2.19. The Morgan fingerprint density at radius 1 is 1.33 bits per heavy atom. The van der Waals surface area contributed by atoms with Crippen molar-refractivity contribution < 1.29 is 4.39 Å². The summed E-state index contributed by atoms with van der Waals surface area (Å²) in [5, 5.41) is 9.67. The van der Waals surface area contributed by atoms with Gasteiger partial charge in [-0.15, -0.1) is 0 Å². The molecule has 144 valence electrons. The highest BCUT2D eigenvalue weighted by atomic mass is 35.5. The van der Waals surface area contributed by atoms with Crippen molar-refractivity contribution in [3.8, 4) is 6.07 Å². The maximum absolute atomic E-state index is 13.4. The molecule has 27 heavy (non-hydrogen) atoms. The van der Waals surface area contributed by atoms with Crippen LogP contribution in [0.2, 0.25) is 5.02 Å². The first kappa shape index (κ1) is 21.1. The number of nitriles is 1. The lowest BCUT2D eigenvalue weighted by Crippen LogP contribution is -2.30. The Labute approximate surface area is 170 Å². The predicted octanol–water partition coefficient (Wildman–Crippen LogP) is 3.71. The molecule has 0 unspecified atom stereocenters. The van der Waals surface area contributed by atoms with Crippen LogP contribution in [0.3, 0.4) is 0 Å². The van der Waals surface area contributed by atoms with Crippen LogP contribution in [-0.4, -0.2) is 61.4 Å². The average Bonchev–Trinajstić information content (AvgIpc) is 2.89. The van der Waals surface area contributed by atoms with Crippen LogP contribution in [0.1, 0.15) is 13.3 Å². The van der Waals surface area contributed by atoms with Gasteiger partial charge in [-0.3, -0.25) is 0 Å². The molecule has 5 nitrogen and oxygen atoms in total. The second-order valence-electron chi connectivity index (χ2n) is 6.51. The highest BCUT2D eigenvalue weighted by Crippen LogP contribution is 2.24. The molecular formula is C19H23ClFN5S. The van der Waals surface area contributed by atoms with Crippen molar-refractivity contribution in [1.29, 1.82) is 5.26 Å². The summed E-state index contributed by atoms with van der Waals surface area (Å²) in [7, 11) is 3.69. The van der Waals surface area contributed by atoms with E-state index in [9.17, 15) is 9.65 Å². The molecule has 0 atom stereocenters. The molecule has 0 aliphatic carbocycles. The number of thiocarbonyl (C=S) groups is 1. The predicted molar refractivity (Wildman–Crippen MR) is 113 cm³/mol. The lowest BCUT2D eigenvalue weighted by atomic mass is 10.2. The van der Waals surface area contributed by atoms with Gasteiger partial charge in [-0.2, -0.15) is 5.26 Å². The van der Waals surface area contributed by atoms with Crippen LogP contribution in [0.25, 0.3) is 0 Å². The number of aliphatic imine (C=N–C) groups is 1. The van der Waals surface area contributed by atoms with Crippen LogP contribution >= 0.6 is 23.8 Å². The number of halogens is 2. The molecule has 0 aromatic heterocycles. The molecule has 2 rings (SSSR count). The van der Waals surface area contributed by atoms with Crippen LogP contribution < -0.4 is 4.90 Å². The number of anilines is 1. The summed E-state index contributed by atoms with van der Waals surface area (Å²) in [6, 6.07) is 6.98. The highest BCUT2D eigenvalue weighted by molar-refractivity contribution is 7.80. The minimum Gasteiger partial charge on any atom is -0.372 e. The summed E-state index contributed by atoms with van der Waals surface area (Å²) in [5.74, 6) is -0.416. The second-order valence-corrected chi connectivity index (χ2v) is 7.31. The summed E-state index contributed by atoms with van der Waals surface area (Å²) < 4.78 is 13.4. The van der Waals surface area contributed by atoms with Gasteiger partial charge in [-0.05, 0) is 31.5 Å². The zero-order chi connectivity index (χ0) is 20.0. The van der Waals surface area contributed by atoms with Crippen molar-refractivity contribution in [2.75, 3.05) is 45.2 Å². The van der Waals surface area contributed by atoms with Gasteiger partial charge in [0.05, 0.1) is 11.4 Å². The van der Waals surface area contributed by atoms with E-state index in [0.29, 0.717) is 5.57 Å². The van der Waals surface area contributed by atoms with Crippen molar-refractivity contribution in [3.63, 3.8) is 0 Å². The first-order valence-corrected chi connectivity index (χ1v) is 9.43. The Hall–Kier alpha value is -2.17. The maximum Gasteiger partial charge on any atom is 0.147 e. The van der Waals surface area contributed by atoms with E-state index in [1.54, 1.807) is 23.4 Å². The summed E-state index contributed by atoms with van der Waals surface area (Å²) >= 11 is 11.2. The van der Waals surface area contributed by atoms with E-state index in [-0.39, 0.29) is 10.0 Å². The van der Waals surface area contributed by atoms with Gasteiger partial charge in [-0.25, -0.2) is 9.38 Å². The third kappa shape index (κ3) is 5.65. The SMILES string of the molecule is C/C(=C(\C#N)C(=S)/N=C/N(C)C)N1CCCN(c2ccc(F)c(Cl)c2)CC1. The first-order chi connectivity index (χ1) is 12.8. The Kier molecular flexibility index (Phi) is 7.57. The zero-order valence-electron chi connectivity index (χ0n) is 15.7. The molecule has 0 spiro atoms. The molecule has 0 bridgehead atoms. The molecule has 1 aromatic carbocycles. The molecule has 0 radical (unpaired) electrons. The first-order valence-electron chi connectivity index (χ1n) is 8.64. The largest absolute Gasteiger partial charge is 0.372 e. The van der Waals surface area contributed by atoms with Gasteiger partial charge in [-0.1, -0.05) is 23.8 Å². The normalized spacial score (nSPS) is 16.0. The average molecular weight is 408 g/mol. The molecule has 1 aromatic rings. The van der Waals surface area contributed by atoms with Gasteiger partial charge < -0.3 is 14.7 Å². The molecular weight excluding hydrogens is 385 g/mol. The van der Waals surface area contributed by atoms with Crippen molar-refractivity contribution in [1.82, 2.24) is 9.80 Å². The van der Waals surface area contributed by atoms with Gasteiger partial charge in [0.15, 0.2) is 0 Å². The quantitative estimate of drug-likeness (QED) is 0.250. The Morgan fingerprint density at radius 3 is 2.70 bits per heavy atom. The molecule has 0 N–H and O–H groups in total. The number of rotatable bonds is 4. The van der Waals surface area contributed by atoms with E-state index in [0.717, 1.165) is 44.0 Å². The van der Waals surface area contributed by atoms with E-state index in [1.165, 1.54) is 6.07 Å². The molecule has 1 saturated heterocycles. The number of hydrogen-bond acceptors (Lipinski definition) is 4. The number of allylic oxidation sites excluding steroid dienone is 1. The third-order valence-electron chi connectivity index (χ3n) is 4.33. The Balaban J connectivity index is 2.14. The monoisotopic (exact) mass is 407 g/mol. The number of benzene rings is 1. The van der Waals surface area contributed by atoms with Crippen LogP contribution in [0.4, 0.5) is 10.1 Å². The van der Waals surface area contributed by atoms with Gasteiger partial charge in [0.2, 0.25) is 0 Å². The van der Waals surface area contributed by atoms with Crippen LogP contribution in [0.15, 0.2) is 34.5 Å². The van der Waals surface area contributed by atoms with Gasteiger partial charge in [0.25, 0.3) is 0 Å². The summed E-state index contributed by atoms with van der Waals surface area (Å²) in [4.78, 5) is 10.6. The van der Waals surface area contributed by atoms with Crippen molar-refractivity contribution in [2.24, 2.45) is 4.99 Å². The minimum absolute atomic E-state index is 0.126. The third-order valence-corrected chi connectivity index (χ3v) is 4.93.